The molecule has 0 aliphatic heterocycles. The van der Waals surface area contributed by atoms with Gasteiger partial charge in [-0.25, -0.2) is 0 Å². The molecule has 0 amide bonds. The van der Waals surface area contributed by atoms with Crippen LogP contribution in [0, 0.1) is 5.92 Å². The smallest absolute Gasteiger partial charge is 0.136 e. The van der Waals surface area contributed by atoms with Gasteiger partial charge in [0.25, 0.3) is 0 Å². The molecule has 0 spiro atoms. The predicted molar refractivity (Wildman–Crippen MR) is 69.7 cm³/mol. The maximum absolute atomic E-state index is 5.92. The second-order valence-electron chi connectivity index (χ2n) is 4.37. The second kappa shape index (κ2) is 5.69. The largest absolute Gasteiger partial charge is 0.492 e. The van der Waals surface area contributed by atoms with E-state index < -0.39 is 0 Å². The van der Waals surface area contributed by atoms with E-state index >= 15 is 0 Å². The zero-order chi connectivity index (χ0) is 11.4. The molecule has 1 fully saturated rings. The summed E-state index contributed by atoms with van der Waals surface area (Å²) in [5.41, 5.74) is 6.81. The highest BCUT2D eigenvalue weighted by molar-refractivity contribution is 9.10. The average Bonchev–Trinajstić information content (AvgIpc) is 2.20. The highest BCUT2D eigenvalue weighted by Gasteiger charge is 2.19. The lowest BCUT2D eigenvalue weighted by molar-refractivity contribution is 0.178. The molecule has 1 aromatic carbocycles. The minimum atomic E-state index is 0.663. The molecule has 0 atom stereocenters. The summed E-state index contributed by atoms with van der Waals surface area (Å²) in [5.74, 6) is 1.75. The summed E-state index contributed by atoms with van der Waals surface area (Å²) in [6.07, 6.45) is 4.87. The van der Waals surface area contributed by atoms with Crippen LogP contribution in [0.2, 0.25) is 0 Å². The molecule has 2 nitrogen and oxygen atoms in total. The Morgan fingerprint density at radius 3 is 2.81 bits per heavy atom. The van der Waals surface area contributed by atoms with Crippen LogP contribution in [0.15, 0.2) is 22.7 Å². The molecule has 0 saturated heterocycles. The third kappa shape index (κ3) is 2.77. The van der Waals surface area contributed by atoms with E-state index in [2.05, 4.69) is 22.0 Å². The standard InChI is InChI=1S/C13H18BrNO/c14-12-6-2-5-11(7-8-15)13(12)16-9-10-3-1-4-10/h2,5-6,10H,1,3-4,7-9,15H2. The van der Waals surface area contributed by atoms with Gasteiger partial charge in [0.1, 0.15) is 5.75 Å². The van der Waals surface area contributed by atoms with Gasteiger partial charge in [-0.1, -0.05) is 18.6 Å². The van der Waals surface area contributed by atoms with E-state index in [0.717, 1.165) is 29.2 Å². The quantitative estimate of drug-likeness (QED) is 0.901. The van der Waals surface area contributed by atoms with Crippen LogP contribution in [0.3, 0.4) is 0 Å². The molecule has 2 rings (SSSR count). The van der Waals surface area contributed by atoms with Crippen molar-refractivity contribution in [3.05, 3.63) is 28.2 Å². The Bertz CT molecular complexity index is 350. The molecule has 1 aliphatic carbocycles. The van der Waals surface area contributed by atoms with E-state index in [9.17, 15) is 0 Å². The number of benzene rings is 1. The van der Waals surface area contributed by atoms with Crippen LogP contribution in [-0.4, -0.2) is 13.2 Å². The van der Waals surface area contributed by atoms with Crippen LogP contribution < -0.4 is 10.5 Å². The third-order valence-electron chi connectivity index (χ3n) is 3.15. The molecule has 1 aromatic rings. The van der Waals surface area contributed by atoms with Crippen molar-refractivity contribution in [3.8, 4) is 5.75 Å². The first-order chi connectivity index (χ1) is 7.81. The second-order valence-corrected chi connectivity index (χ2v) is 5.23. The molecule has 0 unspecified atom stereocenters. The first-order valence-corrected chi connectivity index (χ1v) is 6.71. The zero-order valence-corrected chi connectivity index (χ0v) is 11.0. The average molecular weight is 284 g/mol. The van der Waals surface area contributed by atoms with Crippen molar-refractivity contribution in [3.63, 3.8) is 0 Å². The summed E-state index contributed by atoms with van der Waals surface area (Å²) in [5, 5.41) is 0. The SMILES string of the molecule is NCCc1cccc(Br)c1OCC1CCC1. The molecule has 0 aromatic heterocycles. The van der Waals surface area contributed by atoms with Gasteiger partial charge in [0.2, 0.25) is 0 Å². The molecule has 2 N–H and O–H groups in total. The van der Waals surface area contributed by atoms with Crippen molar-refractivity contribution in [2.24, 2.45) is 11.7 Å². The van der Waals surface area contributed by atoms with Gasteiger partial charge in [-0.3, -0.25) is 0 Å². The maximum Gasteiger partial charge on any atom is 0.136 e. The first-order valence-electron chi connectivity index (χ1n) is 5.91. The van der Waals surface area contributed by atoms with Crippen LogP contribution >= 0.6 is 15.9 Å². The summed E-state index contributed by atoms with van der Waals surface area (Å²) >= 11 is 3.54. The zero-order valence-electron chi connectivity index (χ0n) is 9.42. The van der Waals surface area contributed by atoms with Gasteiger partial charge >= 0.3 is 0 Å². The number of hydrogen-bond donors (Lipinski definition) is 1. The molecular weight excluding hydrogens is 266 g/mol. The van der Waals surface area contributed by atoms with Gasteiger partial charge in [0.15, 0.2) is 0 Å². The molecule has 88 valence electrons. The molecule has 1 saturated carbocycles. The van der Waals surface area contributed by atoms with Gasteiger partial charge in [-0.05, 0) is 59.3 Å². The fraction of sp³-hybridized carbons (Fsp3) is 0.538. The summed E-state index contributed by atoms with van der Waals surface area (Å²) in [6.45, 7) is 1.51. The number of nitrogens with two attached hydrogens (primary N) is 1. The van der Waals surface area contributed by atoms with E-state index in [1.165, 1.54) is 24.8 Å². The van der Waals surface area contributed by atoms with Crippen molar-refractivity contribution in [1.82, 2.24) is 0 Å². The van der Waals surface area contributed by atoms with E-state index in [4.69, 9.17) is 10.5 Å². The van der Waals surface area contributed by atoms with Gasteiger partial charge in [0.05, 0.1) is 11.1 Å². The van der Waals surface area contributed by atoms with E-state index in [-0.39, 0.29) is 0 Å². The molecule has 0 radical (unpaired) electrons. The Morgan fingerprint density at radius 1 is 1.38 bits per heavy atom. The number of rotatable bonds is 5. The topological polar surface area (TPSA) is 35.2 Å². The Balaban J connectivity index is 2.03. The normalized spacial score (nSPS) is 15.9. The Kier molecular flexibility index (Phi) is 4.24. The van der Waals surface area contributed by atoms with Crippen molar-refractivity contribution in [2.75, 3.05) is 13.2 Å². The summed E-state index contributed by atoms with van der Waals surface area (Å²) in [7, 11) is 0. The molecule has 0 bridgehead atoms. The van der Waals surface area contributed by atoms with Crippen LogP contribution in [0.1, 0.15) is 24.8 Å². The van der Waals surface area contributed by atoms with Crippen molar-refractivity contribution < 1.29 is 4.74 Å². The Labute approximate surface area is 105 Å². The maximum atomic E-state index is 5.92. The first kappa shape index (κ1) is 11.9. The monoisotopic (exact) mass is 283 g/mol. The number of halogens is 1. The highest BCUT2D eigenvalue weighted by atomic mass is 79.9. The lowest BCUT2D eigenvalue weighted by Crippen LogP contribution is -2.20. The van der Waals surface area contributed by atoms with Gasteiger partial charge in [-0.2, -0.15) is 0 Å². The van der Waals surface area contributed by atoms with Crippen LogP contribution in [0.25, 0.3) is 0 Å². The molecular formula is C13H18BrNO. The molecule has 1 aliphatic rings. The predicted octanol–water partition coefficient (Wildman–Crippen LogP) is 3.13. The summed E-state index contributed by atoms with van der Waals surface area (Å²) in [6, 6.07) is 6.15. The Morgan fingerprint density at radius 2 is 2.19 bits per heavy atom. The minimum absolute atomic E-state index is 0.663. The van der Waals surface area contributed by atoms with Gasteiger partial charge in [0, 0.05) is 0 Å². The van der Waals surface area contributed by atoms with Gasteiger partial charge in [-0.15, -0.1) is 0 Å². The lowest BCUT2D eigenvalue weighted by atomic mass is 9.86. The number of para-hydroxylation sites is 1. The summed E-state index contributed by atoms with van der Waals surface area (Å²) in [4.78, 5) is 0. The van der Waals surface area contributed by atoms with Gasteiger partial charge < -0.3 is 10.5 Å². The Hall–Kier alpha value is -0.540. The van der Waals surface area contributed by atoms with Crippen molar-refractivity contribution in [2.45, 2.75) is 25.7 Å². The number of ether oxygens (including phenoxy) is 1. The third-order valence-corrected chi connectivity index (χ3v) is 3.77. The molecule has 16 heavy (non-hydrogen) atoms. The van der Waals surface area contributed by atoms with Crippen LogP contribution in [0.4, 0.5) is 0 Å². The van der Waals surface area contributed by atoms with Crippen molar-refractivity contribution >= 4 is 15.9 Å². The fourth-order valence-electron chi connectivity index (χ4n) is 1.93. The summed E-state index contributed by atoms with van der Waals surface area (Å²) < 4.78 is 6.96. The van der Waals surface area contributed by atoms with Crippen LogP contribution in [-0.2, 0) is 6.42 Å². The van der Waals surface area contributed by atoms with E-state index in [1.807, 2.05) is 12.1 Å². The number of hydrogen-bond acceptors (Lipinski definition) is 2. The van der Waals surface area contributed by atoms with Crippen LogP contribution in [0.5, 0.6) is 5.75 Å². The lowest BCUT2D eigenvalue weighted by Gasteiger charge is -2.26. The van der Waals surface area contributed by atoms with E-state index in [1.54, 1.807) is 0 Å². The van der Waals surface area contributed by atoms with Crippen molar-refractivity contribution in [1.29, 1.82) is 0 Å². The molecule has 3 heteroatoms. The van der Waals surface area contributed by atoms with E-state index in [0.29, 0.717) is 6.54 Å². The fourth-order valence-corrected chi connectivity index (χ4v) is 2.45. The highest BCUT2D eigenvalue weighted by Crippen LogP contribution is 2.32. The minimum Gasteiger partial charge on any atom is -0.492 e. The molecule has 0 heterocycles.